The Morgan fingerprint density at radius 3 is 2.69 bits per heavy atom. The van der Waals surface area contributed by atoms with E-state index in [-0.39, 0.29) is 12.1 Å². The second kappa shape index (κ2) is 6.91. The minimum atomic E-state index is -0.0478. The van der Waals surface area contributed by atoms with Crippen LogP contribution in [0.1, 0.15) is 23.5 Å². The molecule has 2 aromatic heterocycles. The van der Waals surface area contributed by atoms with Gasteiger partial charge in [0.2, 0.25) is 0 Å². The minimum absolute atomic E-state index is 0.0147. The lowest BCUT2D eigenvalue weighted by Gasteiger charge is -2.26. The molecule has 132 valence electrons. The predicted octanol–water partition coefficient (Wildman–Crippen LogP) is 4.78. The molecular weight excluding hydrogens is 387 g/mol. The number of hydrogen-bond acceptors (Lipinski definition) is 2. The number of likely N-dealkylation sites (N-methyl/N-ethyl adjacent to an activating group) is 1. The van der Waals surface area contributed by atoms with Crippen LogP contribution < -0.4 is 5.32 Å². The van der Waals surface area contributed by atoms with Gasteiger partial charge in [0.25, 0.3) is 0 Å². The van der Waals surface area contributed by atoms with Gasteiger partial charge in [-0.2, -0.15) is 0 Å². The van der Waals surface area contributed by atoms with Crippen molar-refractivity contribution in [1.82, 2.24) is 19.8 Å². The Bertz CT molecular complexity index is 957. The van der Waals surface area contributed by atoms with E-state index < -0.39 is 0 Å². The summed E-state index contributed by atoms with van der Waals surface area (Å²) in [4.78, 5) is 6.58. The summed E-state index contributed by atoms with van der Waals surface area (Å²) in [6, 6.07) is 15.4. The second-order valence-corrected chi connectivity index (χ2v) is 7.37. The van der Waals surface area contributed by atoms with Gasteiger partial charge in [0.1, 0.15) is 0 Å². The Labute approximate surface area is 167 Å². The smallest absolute Gasteiger partial charge is 0.169 e. The van der Waals surface area contributed by atoms with Crippen LogP contribution >= 0.6 is 35.4 Å². The number of rotatable bonds is 3. The molecular formula is C19H16Cl2N4S. The van der Waals surface area contributed by atoms with E-state index in [1.54, 1.807) is 12.3 Å². The number of pyridine rings is 1. The van der Waals surface area contributed by atoms with Crippen LogP contribution in [0.25, 0.3) is 5.69 Å². The third-order valence-corrected chi connectivity index (χ3v) is 5.53. The van der Waals surface area contributed by atoms with E-state index in [1.807, 2.05) is 49.6 Å². The van der Waals surface area contributed by atoms with Gasteiger partial charge in [-0.3, -0.25) is 4.98 Å². The first-order valence-electron chi connectivity index (χ1n) is 8.13. The van der Waals surface area contributed by atoms with E-state index in [0.29, 0.717) is 15.2 Å². The number of nitrogens with one attached hydrogen (secondary N) is 1. The summed E-state index contributed by atoms with van der Waals surface area (Å²) in [7, 11) is 1.99. The monoisotopic (exact) mass is 402 g/mol. The lowest BCUT2D eigenvalue weighted by Crippen LogP contribution is -2.25. The Kier molecular flexibility index (Phi) is 4.61. The Balaban J connectivity index is 1.81. The highest BCUT2D eigenvalue weighted by molar-refractivity contribution is 7.80. The van der Waals surface area contributed by atoms with Crippen LogP contribution in [0.3, 0.4) is 0 Å². The van der Waals surface area contributed by atoms with E-state index in [4.69, 9.17) is 35.4 Å². The van der Waals surface area contributed by atoms with Crippen LogP contribution in [0.15, 0.2) is 60.9 Å². The average molecular weight is 403 g/mol. The maximum Gasteiger partial charge on any atom is 0.169 e. The first-order valence-corrected chi connectivity index (χ1v) is 9.29. The molecule has 0 amide bonds. The van der Waals surface area contributed by atoms with E-state index in [9.17, 15) is 0 Å². The van der Waals surface area contributed by atoms with Crippen LogP contribution in [0.4, 0.5) is 0 Å². The molecule has 1 saturated heterocycles. The summed E-state index contributed by atoms with van der Waals surface area (Å²) < 4.78 is 2.07. The molecule has 0 unspecified atom stereocenters. The topological polar surface area (TPSA) is 33.1 Å². The highest BCUT2D eigenvalue weighted by Crippen LogP contribution is 2.39. The lowest BCUT2D eigenvalue weighted by atomic mass is 10.0. The van der Waals surface area contributed by atoms with Crippen molar-refractivity contribution >= 4 is 40.5 Å². The summed E-state index contributed by atoms with van der Waals surface area (Å²) in [5.74, 6) is 0. The van der Waals surface area contributed by atoms with Crippen molar-refractivity contribution in [2.75, 3.05) is 7.05 Å². The maximum absolute atomic E-state index is 6.45. The summed E-state index contributed by atoms with van der Waals surface area (Å²) >= 11 is 18.0. The summed E-state index contributed by atoms with van der Waals surface area (Å²) in [5, 5.41) is 5.29. The normalized spacial score (nSPS) is 19.7. The SMILES string of the molecule is CN1C(=S)N[C@H](c2ccccn2)[C@@H]1c1cccn1-c1ccc(Cl)cc1Cl. The number of hydrogen-bond donors (Lipinski definition) is 1. The van der Waals surface area contributed by atoms with Crippen LogP contribution in [0.2, 0.25) is 10.0 Å². The van der Waals surface area contributed by atoms with E-state index in [2.05, 4.69) is 25.8 Å². The van der Waals surface area contributed by atoms with E-state index >= 15 is 0 Å². The molecule has 1 aliphatic heterocycles. The van der Waals surface area contributed by atoms with Crippen molar-refractivity contribution in [3.8, 4) is 5.69 Å². The van der Waals surface area contributed by atoms with Crippen molar-refractivity contribution in [2.45, 2.75) is 12.1 Å². The fourth-order valence-corrected chi connectivity index (χ4v) is 4.10. The summed E-state index contributed by atoms with van der Waals surface area (Å²) in [5.41, 5.74) is 2.89. The standard InChI is InChI=1S/C19H16Cl2N4S/c1-24-18(17(23-19(24)26)14-5-2-3-9-22-14)16-6-4-10-25(16)15-8-7-12(20)11-13(15)21/h2-11,17-18H,1H3,(H,23,26)/t17-,18+/m1/s1. The van der Waals surface area contributed by atoms with Crippen molar-refractivity contribution in [3.63, 3.8) is 0 Å². The zero-order chi connectivity index (χ0) is 18.3. The van der Waals surface area contributed by atoms with Crippen molar-refractivity contribution in [3.05, 3.63) is 82.4 Å². The molecule has 2 atom stereocenters. The second-order valence-electron chi connectivity index (χ2n) is 6.14. The highest BCUT2D eigenvalue weighted by Gasteiger charge is 2.39. The largest absolute Gasteiger partial charge is 0.352 e. The Hall–Kier alpha value is -2.08. The molecule has 0 saturated carbocycles. The number of benzene rings is 1. The molecule has 0 bridgehead atoms. The molecule has 4 nitrogen and oxygen atoms in total. The van der Waals surface area contributed by atoms with Gasteiger partial charge >= 0.3 is 0 Å². The first kappa shape index (κ1) is 17.3. The minimum Gasteiger partial charge on any atom is -0.352 e. The van der Waals surface area contributed by atoms with E-state index in [0.717, 1.165) is 17.1 Å². The lowest BCUT2D eigenvalue weighted by molar-refractivity contribution is 0.357. The molecule has 1 aliphatic rings. The fourth-order valence-electron chi connectivity index (χ4n) is 3.36. The molecule has 3 aromatic rings. The number of thiocarbonyl (C=S) groups is 1. The van der Waals surface area contributed by atoms with Crippen LogP contribution in [-0.2, 0) is 0 Å². The molecule has 4 rings (SSSR count). The third-order valence-electron chi connectivity index (χ3n) is 4.59. The first-order chi connectivity index (χ1) is 12.6. The third kappa shape index (κ3) is 2.96. The van der Waals surface area contributed by atoms with Gasteiger partial charge in [0.05, 0.1) is 28.5 Å². The molecule has 0 spiro atoms. The van der Waals surface area contributed by atoms with Gasteiger partial charge in [-0.05, 0) is 54.7 Å². The fraction of sp³-hybridized carbons (Fsp3) is 0.158. The number of aromatic nitrogens is 2. The molecule has 1 N–H and O–H groups in total. The molecule has 1 fully saturated rings. The zero-order valence-electron chi connectivity index (χ0n) is 13.9. The van der Waals surface area contributed by atoms with Crippen molar-refractivity contribution in [1.29, 1.82) is 0 Å². The van der Waals surface area contributed by atoms with Crippen LogP contribution in [0.5, 0.6) is 0 Å². The zero-order valence-corrected chi connectivity index (χ0v) is 16.3. The molecule has 0 aliphatic carbocycles. The molecule has 3 heterocycles. The highest BCUT2D eigenvalue weighted by atomic mass is 35.5. The van der Waals surface area contributed by atoms with E-state index in [1.165, 1.54) is 0 Å². The molecule has 1 aromatic carbocycles. The summed E-state index contributed by atoms with van der Waals surface area (Å²) in [6.07, 6.45) is 3.79. The quantitative estimate of drug-likeness (QED) is 0.638. The van der Waals surface area contributed by atoms with Gasteiger partial charge in [-0.1, -0.05) is 29.3 Å². The van der Waals surface area contributed by atoms with Gasteiger partial charge in [-0.15, -0.1) is 0 Å². The molecule has 0 radical (unpaired) electrons. The number of nitrogens with zero attached hydrogens (tertiary/aromatic N) is 3. The molecule has 7 heteroatoms. The van der Waals surface area contributed by atoms with Crippen molar-refractivity contribution < 1.29 is 0 Å². The Morgan fingerprint density at radius 1 is 1.12 bits per heavy atom. The van der Waals surface area contributed by atoms with Gasteiger partial charge < -0.3 is 14.8 Å². The predicted molar refractivity (Wildman–Crippen MR) is 109 cm³/mol. The Morgan fingerprint density at radius 2 is 1.96 bits per heavy atom. The van der Waals surface area contributed by atoms with Gasteiger partial charge in [-0.25, -0.2) is 0 Å². The van der Waals surface area contributed by atoms with Gasteiger partial charge in [0, 0.05) is 30.2 Å². The maximum atomic E-state index is 6.45. The van der Waals surface area contributed by atoms with Crippen molar-refractivity contribution in [2.24, 2.45) is 0 Å². The van der Waals surface area contributed by atoms with Crippen LogP contribution in [0, 0.1) is 0 Å². The average Bonchev–Trinajstić information content (AvgIpc) is 3.21. The van der Waals surface area contributed by atoms with Gasteiger partial charge in [0.15, 0.2) is 5.11 Å². The molecule has 26 heavy (non-hydrogen) atoms. The number of halogens is 2. The van der Waals surface area contributed by atoms with Crippen LogP contribution in [-0.4, -0.2) is 26.6 Å². The summed E-state index contributed by atoms with van der Waals surface area (Å²) in [6.45, 7) is 0.